The van der Waals surface area contributed by atoms with Crippen LogP contribution in [0.3, 0.4) is 0 Å². The van der Waals surface area contributed by atoms with Gasteiger partial charge in [-0.05, 0) is 59.3 Å². The van der Waals surface area contributed by atoms with Gasteiger partial charge in [0.1, 0.15) is 0 Å². The van der Waals surface area contributed by atoms with Crippen LogP contribution in [-0.4, -0.2) is 24.1 Å². The molecule has 0 spiro atoms. The number of fused-ring (bicyclic) bond motifs is 2. The third-order valence-electron chi connectivity index (χ3n) is 4.23. The van der Waals surface area contributed by atoms with E-state index in [1.807, 2.05) is 6.07 Å². The van der Waals surface area contributed by atoms with Crippen LogP contribution in [-0.2, 0) is 6.54 Å². The molecular weight excluding hydrogens is 297 g/mol. The van der Waals surface area contributed by atoms with E-state index in [-0.39, 0.29) is 5.82 Å². The molecule has 3 rings (SSSR count). The Morgan fingerprint density at radius 3 is 2.39 bits per heavy atom. The molecule has 0 N–H and O–H groups in total. The summed E-state index contributed by atoms with van der Waals surface area (Å²) in [4.78, 5) is 2.54. The lowest BCUT2D eigenvalue weighted by molar-refractivity contribution is 0.243. The molecule has 1 aromatic rings. The Kier molecular flexibility index (Phi) is 3.32. The molecule has 0 aromatic heterocycles. The molecule has 4 heteroatoms. The number of methoxy groups -OCH3 is 1. The number of benzene rings is 1. The first kappa shape index (κ1) is 12.4. The van der Waals surface area contributed by atoms with Crippen molar-refractivity contribution in [3.63, 3.8) is 0 Å². The Morgan fingerprint density at radius 1 is 1.28 bits per heavy atom. The van der Waals surface area contributed by atoms with E-state index in [9.17, 15) is 4.39 Å². The largest absolute Gasteiger partial charge is 0.492 e. The highest BCUT2D eigenvalue weighted by Crippen LogP contribution is 2.39. The van der Waals surface area contributed by atoms with Gasteiger partial charge in [-0.2, -0.15) is 0 Å². The average molecular weight is 314 g/mol. The number of hydrogen-bond donors (Lipinski definition) is 0. The third-order valence-corrected chi connectivity index (χ3v) is 4.82. The fourth-order valence-electron chi connectivity index (χ4n) is 3.39. The van der Waals surface area contributed by atoms with E-state index in [0.717, 1.165) is 24.2 Å². The van der Waals surface area contributed by atoms with E-state index in [1.165, 1.54) is 32.8 Å². The summed E-state index contributed by atoms with van der Waals surface area (Å²) in [5, 5.41) is 0. The van der Waals surface area contributed by atoms with E-state index >= 15 is 0 Å². The van der Waals surface area contributed by atoms with Crippen molar-refractivity contribution in [2.45, 2.75) is 44.3 Å². The lowest BCUT2D eigenvalue weighted by Crippen LogP contribution is -2.27. The van der Waals surface area contributed by atoms with Gasteiger partial charge in [0.2, 0.25) is 0 Å². The molecule has 98 valence electrons. The Balaban J connectivity index is 1.81. The minimum Gasteiger partial charge on any atom is -0.492 e. The summed E-state index contributed by atoms with van der Waals surface area (Å²) in [7, 11) is 1.49. The highest BCUT2D eigenvalue weighted by molar-refractivity contribution is 9.10. The molecule has 0 atom stereocenters. The van der Waals surface area contributed by atoms with Gasteiger partial charge < -0.3 is 4.74 Å². The smallest absolute Gasteiger partial charge is 0.168 e. The molecule has 0 aliphatic carbocycles. The van der Waals surface area contributed by atoms with Crippen molar-refractivity contribution in [2.24, 2.45) is 0 Å². The second-order valence-corrected chi connectivity index (χ2v) is 6.08. The van der Waals surface area contributed by atoms with E-state index in [0.29, 0.717) is 10.2 Å². The second-order valence-electron chi connectivity index (χ2n) is 5.23. The Morgan fingerprint density at radius 2 is 1.89 bits per heavy atom. The van der Waals surface area contributed by atoms with Crippen molar-refractivity contribution in [2.75, 3.05) is 7.11 Å². The molecule has 0 unspecified atom stereocenters. The molecule has 2 aliphatic rings. The molecule has 2 aliphatic heterocycles. The summed E-state index contributed by atoms with van der Waals surface area (Å²) in [6.45, 7) is 0.856. The van der Waals surface area contributed by atoms with E-state index in [1.54, 1.807) is 6.07 Å². The lowest BCUT2D eigenvalue weighted by atomic mass is 10.0. The fourth-order valence-corrected chi connectivity index (χ4v) is 4.03. The van der Waals surface area contributed by atoms with Crippen LogP contribution in [0.5, 0.6) is 5.75 Å². The van der Waals surface area contributed by atoms with Gasteiger partial charge in [0.25, 0.3) is 0 Å². The summed E-state index contributed by atoms with van der Waals surface area (Å²) < 4.78 is 19.5. The zero-order valence-electron chi connectivity index (χ0n) is 10.5. The van der Waals surface area contributed by atoms with Gasteiger partial charge in [0.15, 0.2) is 11.6 Å². The average Bonchev–Trinajstić information content (AvgIpc) is 2.89. The minimum absolute atomic E-state index is 0.284. The van der Waals surface area contributed by atoms with E-state index < -0.39 is 0 Å². The summed E-state index contributed by atoms with van der Waals surface area (Å²) >= 11 is 3.37. The Labute approximate surface area is 115 Å². The molecule has 0 radical (unpaired) electrons. The van der Waals surface area contributed by atoms with Crippen molar-refractivity contribution in [1.82, 2.24) is 4.90 Å². The highest BCUT2D eigenvalue weighted by atomic mass is 79.9. The maximum atomic E-state index is 13.8. The number of nitrogens with zero attached hydrogens (tertiary/aromatic N) is 1. The van der Waals surface area contributed by atoms with Crippen molar-refractivity contribution in [3.8, 4) is 5.75 Å². The van der Waals surface area contributed by atoms with Crippen LogP contribution < -0.4 is 4.74 Å². The van der Waals surface area contributed by atoms with Crippen LogP contribution in [0.4, 0.5) is 4.39 Å². The van der Waals surface area contributed by atoms with Gasteiger partial charge in [-0.1, -0.05) is 0 Å². The number of halogens is 2. The van der Waals surface area contributed by atoms with Crippen molar-refractivity contribution >= 4 is 15.9 Å². The van der Waals surface area contributed by atoms with Crippen LogP contribution >= 0.6 is 15.9 Å². The van der Waals surface area contributed by atoms with Crippen LogP contribution in [0.25, 0.3) is 0 Å². The molecule has 0 amide bonds. The molecular formula is C14H17BrFNO. The van der Waals surface area contributed by atoms with E-state index in [2.05, 4.69) is 20.8 Å². The zero-order valence-corrected chi connectivity index (χ0v) is 12.0. The maximum absolute atomic E-state index is 13.8. The van der Waals surface area contributed by atoms with E-state index in [4.69, 9.17) is 4.74 Å². The standard InChI is InChI=1S/C14H17BrFNO/c1-18-14-12(15)6-9(7-13(14)16)8-17-10-2-3-11(17)5-4-10/h6-7,10-11H,2-5,8H2,1H3. The fraction of sp³-hybridized carbons (Fsp3) is 0.571. The monoisotopic (exact) mass is 313 g/mol. The van der Waals surface area contributed by atoms with Crippen molar-refractivity contribution < 1.29 is 9.13 Å². The predicted molar refractivity (Wildman–Crippen MR) is 72.2 cm³/mol. The Hall–Kier alpha value is -0.610. The van der Waals surface area contributed by atoms with Gasteiger partial charge in [-0.3, -0.25) is 4.90 Å². The van der Waals surface area contributed by atoms with Crippen LogP contribution in [0.2, 0.25) is 0 Å². The Bertz CT molecular complexity index is 422. The van der Waals surface area contributed by atoms with Crippen molar-refractivity contribution in [1.29, 1.82) is 0 Å². The summed E-state index contributed by atoms with van der Waals surface area (Å²) in [5.74, 6) is 0.0107. The molecule has 2 bridgehead atoms. The normalized spacial score (nSPS) is 26.8. The molecule has 2 saturated heterocycles. The van der Waals surface area contributed by atoms with Gasteiger partial charge >= 0.3 is 0 Å². The van der Waals surface area contributed by atoms with Gasteiger partial charge in [0, 0.05) is 18.6 Å². The molecule has 2 fully saturated rings. The molecule has 18 heavy (non-hydrogen) atoms. The summed E-state index contributed by atoms with van der Waals surface area (Å²) in [6, 6.07) is 5.01. The quantitative estimate of drug-likeness (QED) is 0.843. The summed E-state index contributed by atoms with van der Waals surface area (Å²) in [6.07, 6.45) is 5.24. The molecule has 2 heterocycles. The third kappa shape index (κ3) is 2.05. The first-order valence-corrected chi connectivity index (χ1v) is 7.26. The van der Waals surface area contributed by atoms with Crippen LogP contribution in [0, 0.1) is 5.82 Å². The first-order chi connectivity index (χ1) is 8.69. The first-order valence-electron chi connectivity index (χ1n) is 6.46. The number of ether oxygens (including phenoxy) is 1. The zero-order chi connectivity index (χ0) is 12.7. The SMILES string of the molecule is COc1c(F)cc(CN2C3CCC2CC3)cc1Br. The summed E-state index contributed by atoms with van der Waals surface area (Å²) in [5.41, 5.74) is 1.03. The van der Waals surface area contributed by atoms with Gasteiger partial charge in [-0.25, -0.2) is 4.39 Å². The maximum Gasteiger partial charge on any atom is 0.168 e. The second kappa shape index (κ2) is 4.82. The predicted octanol–water partition coefficient (Wildman–Crippen LogP) is 3.72. The van der Waals surface area contributed by atoms with Gasteiger partial charge in [0.05, 0.1) is 11.6 Å². The topological polar surface area (TPSA) is 12.5 Å². The minimum atomic E-state index is -0.284. The lowest BCUT2D eigenvalue weighted by Gasteiger charge is -2.22. The number of hydrogen-bond acceptors (Lipinski definition) is 2. The van der Waals surface area contributed by atoms with Crippen LogP contribution in [0.15, 0.2) is 16.6 Å². The van der Waals surface area contributed by atoms with Gasteiger partial charge in [-0.15, -0.1) is 0 Å². The molecule has 2 nitrogen and oxygen atoms in total. The number of rotatable bonds is 3. The molecule has 1 aromatic carbocycles. The van der Waals surface area contributed by atoms with Crippen LogP contribution in [0.1, 0.15) is 31.2 Å². The highest BCUT2D eigenvalue weighted by Gasteiger charge is 2.38. The van der Waals surface area contributed by atoms with Crippen molar-refractivity contribution in [3.05, 3.63) is 28.0 Å². The molecule has 0 saturated carbocycles.